The average molecular weight is 339 g/mol. The van der Waals surface area contributed by atoms with E-state index < -0.39 is 0 Å². The molecule has 0 radical (unpaired) electrons. The maximum Gasteiger partial charge on any atom is 0.322 e. The number of rotatable bonds is 2. The number of urea groups is 1. The van der Waals surface area contributed by atoms with Gasteiger partial charge >= 0.3 is 6.03 Å². The molecule has 1 fully saturated rings. The van der Waals surface area contributed by atoms with Crippen LogP contribution in [-0.4, -0.2) is 32.0 Å². The van der Waals surface area contributed by atoms with Crippen molar-refractivity contribution in [1.29, 1.82) is 0 Å². The van der Waals surface area contributed by atoms with Crippen molar-refractivity contribution in [2.24, 2.45) is 0 Å². The molecule has 3 aromatic rings. The zero-order valence-corrected chi connectivity index (χ0v) is 13.9. The summed E-state index contributed by atoms with van der Waals surface area (Å²) in [4.78, 5) is 23.2. The van der Waals surface area contributed by atoms with Crippen molar-refractivity contribution in [3.8, 4) is 0 Å². The first-order valence-electron chi connectivity index (χ1n) is 8.22. The molecule has 0 spiro atoms. The van der Waals surface area contributed by atoms with Crippen molar-refractivity contribution in [3.63, 3.8) is 0 Å². The van der Waals surface area contributed by atoms with E-state index >= 15 is 0 Å². The van der Waals surface area contributed by atoms with Crippen LogP contribution in [-0.2, 0) is 13.1 Å². The quantitative estimate of drug-likeness (QED) is 0.778. The fraction of sp³-hybridized carbons (Fsp3) is 0.353. The van der Waals surface area contributed by atoms with Gasteiger partial charge in [0.05, 0.1) is 33.8 Å². The Balaban J connectivity index is 1.33. The van der Waals surface area contributed by atoms with Gasteiger partial charge in [-0.3, -0.25) is 0 Å². The molecule has 1 aliphatic carbocycles. The number of carbonyl (C=O) groups excluding carboxylic acids is 1. The lowest BCUT2D eigenvalue weighted by Gasteiger charge is -2.28. The van der Waals surface area contributed by atoms with E-state index in [2.05, 4.69) is 19.9 Å². The van der Waals surface area contributed by atoms with Gasteiger partial charge in [0.1, 0.15) is 0 Å². The maximum atomic E-state index is 12.5. The number of imidazole rings is 1. The summed E-state index contributed by atoms with van der Waals surface area (Å²) < 4.78 is 3.23. The number of nitrogens with one attached hydrogen (secondary N) is 1. The molecule has 0 atom stereocenters. The van der Waals surface area contributed by atoms with E-state index in [1.165, 1.54) is 17.8 Å². The molecule has 1 N–H and O–H groups in total. The van der Waals surface area contributed by atoms with Gasteiger partial charge in [0.2, 0.25) is 0 Å². The van der Waals surface area contributed by atoms with E-state index in [0.29, 0.717) is 19.0 Å². The SMILES string of the molecule is O=C(Nc1ccc2nc(C3CC3)sc2c1)N1CCn2cncc2C1. The van der Waals surface area contributed by atoms with Crippen LogP contribution in [0.2, 0.25) is 0 Å². The first-order chi connectivity index (χ1) is 11.8. The highest BCUT2D eigenvalue weighted by molar-refractivity contribution is 7.18. The number of amides is 2. The largest absolute Gasteiger partial charge is 0.331 e. The molecule has 1 aliphatic heterocycles. The minimum absolute atomic E-state index is 0.0614. The Morgan fingerprint density at radius 3 is 3.08 bits per heavy atom. The van der Waals surface area contributed by atoms with Crippen LogP contribution in [0, 0.1) is 0 Å². The molecular formula is C17H17N5OS. The number of thiazole rings is 1. The lowest BCUT2D eigenvalue weighted by atomic mass is 10.3. The highest BCUT2D eigenvalue weighted by atomic mass is 32.1. The van der Waals surface area contributed by atoms with E-state index in [-0.39, 0.29) is 6.03 Å². The number of carbonyl (C=O) groups is 1. The highest BCUT2D eigenvalue weighted by Gasteiger charge is 2.27. The molecular weight excluding hydrogens is 322 g/mol. The third kappa shape index (κ3) is 2.45. The molecule has 1 aromatic carbocycles. The smallest absolute Gasteiger partial charge is 0.322 e. The van der Waals surface area contributed by atoms with Crippen LogP contribution in [0.3, 0.4) is 0 Å². The van der Waals surface area contributed by atoms with Gasteiger partial charge in [0.25, 0.3) is 0 Å². The second-order valence-electron chi connectivity index (χ2n) is 6.44. The number of benzene rings is 1. The summed E-state index contributed by atoms with van der Waals surface area (Å²) in [5.41, 5.74) is 2.93. The number of nitrogens with zero attached hydrogens (tertiary/aromatic N) is 4. The predicted octanol–water partition coefficient (Wildman–Crippen LogP) is 3.42. The van der Waals surface area contributed by atoms with Crippen molar-refractivity contribution >= 4 is 33.3 Å². The summed E-state index contributed by atoms with van der Waals surface area (Å²) in [6.45, 7) is 2.09. The summed E-state index contributed by atoms with van der Waals surface area (Å²) in [5, 5.41) is 4.25. The number of hydrogen-bond donors (Lipinski definition) is 1. The van der Waals surface area contributed by atoms with Gasteiger partial charge in [0, 0.05) is 30.9 Å². The molecule has 24 heavy (non-hydrogen) atoms. The van der Waals surface area contributed by atoms with Gasteiger partial charge in [-0.2, -0.15) is 0 Å². The van der Waals surface area contributed by atoms with Crippen molar-refractivity contribution in [2.75, 3.05) is 11.9 Å². The van der Waals surface area contributed by atoms with Crippen LogP contribution < -0.4 is 5.32 Å². The zero-order valence-electron chi connectivity index (χ0n) is 13.1. The molecule has 6 nitrogen and oxygen atoms in total. The van der Waals surface area contributed by atoms with Crippen LogP contribution in [0.1, 0.15) is 29.5 Å². The van der Waals surface area contributed by atoms with Gasteiger partial charge in [-0.05, 0) is 31.0 Å². The molecule has 2 aliphatic rings. The first kappa shape index (κ1) is 14.0. The highest BCUT2D eigenvalue weighted by Crippen LogP contribution is 2.43. The number of anilines is 1. The molecule has 2 aromatic heterocycles. The number of hydrogen-bond acceptors (Lipinski definition) is 4. The van der Waals surface area contributed by atoms with Gasteiger partial charge in [-0.25, -0.2) is 14.8 Å². The molecule has 0 saturated heterocycles. The van der Waals surface area contributed by atoms with E-state index in [4.69, 9.17) is 0 Å². The second kappa shape index (κ2) is 5.31. The first-order valence-corrected chi connectivity index (χ1v) is 9.03. The topological polar surface area (TPSA) is 63.1 Å². The van der Waals surface area contributed by atoms with Crippen LogP contribution in [0.25, 0.3) is 10.2 Å². The monoisotopic (exact) mass is 339 g/mol. The predicted molar refractivity (Wildman–Crippen MR) is 93.3 cm³/mol. The summed E-state index contributed by atoms with van der Waals surface area (Å²) in [6.07, 6.45) is 6.16. The van der Waals surface area contributed by atoms with Crippen LogP contribution >= 0.6 is 11.3 Å². The van der Waals surface area contributed by atoms with E-state index in [9.17, 15) is 4.79 Å². The molecule has 3 heterocycles. The van der Waals surface area contributed by atoms with Crippen molar-refractivity contribution in [2.45, 2.75) is 31.8 Å². The van der Waals surface area contributed by atoms with E-state index in [1.54, 1.807) is 11.3 Å². The van der Waals surface area contributed by atoms with Gasteiger partial charge < -0.3 is 14.8 Å². The van der Waals surface area contributed by atoms with E-state index in [0.717, 1.165) is 28.1 Å². The molecule has 2 amide bonds. The van der Waals surface area contributed by atoms with Crippen LogP contribution in [0.4, 0.5) is 10.5 Å². The van der Waals surface area contributed by atoms with Gasteiger partial charge in [-0.15, -0.1) is 11.3 Å². The average Bonchev–Trinajstić information content (AvgIpc) is 3.18. The Morgan fingerprint density at radius 1 is 1.29 bits per heavy atom. The molecule has 0 bridgehead atoms. The van der Waals surface area contributed by atoms with Crippen molar-refractivity contribution in [3.05, 3.63) is 41.4 Å². The summed E-state index contributed by atoms with van der Waals surface area (Å²) in [5.74, 6) is 0.665. The minimum Gasteiger partial charge on any atom is -0.331 e. The second-order valence-corrected chi connectivity index (χ2v) is 7.50. The fourth-order valence-electron chi connectivity index (χ4n) is 3.09. The standard InChI is InChI=1S/C17H17N5OS/c23-17(21-5-6-22-10-18-8-13(22)9-21)19-12-3-4-14-15(7-12)24-16(20-14)11-1-2-11/h3-4,7-8,10-11H,1-2,5-6,9H2,(H,19,23). The summed E-state index contributed by atoms with van der Waals surface area (Å²) in [7, 11) is 0. The van der Waals surface area contributed by atoms with Crippen LogP contribution in [0.15, 0.2) is 30.7 Å². The number of fused-ring (bicyclic) bond motifs is 2. The fourth-order valence-corrected chi connectivity index (χ4v) is 4.26. The van der Waals surface area contributed by atoms with Gasteiger partial charge in [-0.1, -0.05) is 0 Å². The Hall–Kier alpha value is -2.41. The normalized spacial score (nSPS) is 17.1. The Morgan fingerprint density at radius 2 is 2.21 bits per heavy atom. The zero-order chi connectivity index (χ0) is 16.1. The Kier molecular flexibility index (Phi) is 3.09. The lowest BCUT2D eigenvalue weighted by molar-refractivity contribution is 0.197. The summed E-state index contributed by atoms with van der Waals surface area (Å²) >= 11 is 1.75. The van der Waals surface area contributed by atoms with Crippen molar-refractivity contribution < 1.29 is 4.79 Å². The Bertz CT molecular complexity index is 926. The molecule has 122 valence electrons. The van der Waals surface area contributed by atoms with E-state index in [1.807, 2.05) is 35.6 Å². The molecule has 7 heteroatoms. The lowest BCUT2D eigenvalue weighted by Crippen LogP contribution is -2.40. The third-order valence-corrected chi connectivity index (χ3v) is 5.81. The molecule has 0 unspecified atom stereocenters. The Labute approximate surface area is 143 Å². The summed E-state index contributed by atoms with van der Waals surface area (Å²) in [6, 6.07) is 5.91. The maximum absolute atomic E-state index is 12.5. The van der Waals surface area contributed by atoms with Crippen LogP contribution in [0.5, 0.6) is 0 Å². The third-order valence-electron chi connectivity index (χ3n) is 4.63. The molecule has 5 rings (SSSR count). The van der Waals surface area contributed by atoms with Crippen molar-refractivity contribution in [1.82, 2.24) is 19.4 Å². The number of aromatic nitrogens is 3. The van der Waals surface area contributed by atoms with Gasteiger partial charge in [0.15, 0.2) is 0 Å². The minimum atomic E-state index is -0.0614. The molecule has 1 saturated carbocycles.